The Morgan fingerprint density at radius 2 is 2.00 bits per heavy atom. The Kier molecular flexibility index (Phi) is 3.80. The first-order valence-electron chi connectivity index (χ1n) is 4.86. The number of allylic oxidation sites excluding steroid dienone is 1. The number of hydrogen-bond acceptors (Lipinski definition) is 2. The fourth-order valence-corrected chi connectivity index (χ4v) is 1.68. The molecule has 0 radical (unpaired) electrons. The Balaban J connectivity index is 2.30. The zero-order valence-corrected chi connectivity index (χ0v) is 8.05. The average Bonchev–Trinajstić information content (AvgIpc) is 2.04. The first-order valence-corrected chi connectivity index (χ1v) is 4.86. The van der Waals surface area contributed by atoms with Crippen LogP contribution >= 0.6 is 0 Å². The molecule has 0 aromatic rings. The average molecular weight is 183 g/mol. The number of rotatable bonds is 2. The van der Waals surface area contributed by atoms with Crippen molar-refractivity contribution >= 4 is 5.91 Å². The van der Waals surface area contributed by atoms with Gasteiger partial charge in [0, 0.05) is 12.1 Å². The largest absolute Gasteiger partial charge is 0.512 e. The van der Waals surface area contributed by atoms with Gasteiger partial charge in [-0.05, 0) is 19.8 Å². The number of aliphatic hydroxyl groups is 1. The van der Waals surface area contributed by atoms with E-state index in [1.807, 2.05) is 0 Å². The monoisotopic (exact) mass is 183 g/mol. The Bertz CT molecular complexity index is 201. The molecular formula is C10H17NO2. The van der Waals surface area contributed by atoms with E-state index in [1.54, 1.807) is 0 Å². The summed E-state index contributed by atoms with van der Waals surface area (Å²) in [5, 5.41) is 11.7. The summed E-state index contributed by atoms with van der Waals surface area (Å²) >= 11 is 0. The summed E-state index contributed by atoms with van der Waals surface area (Å²) in [5.41, 5.74) is 0. The molecule has 0 spiro atoms. The minimum absolute atomic E-state index is 0.0632. The second-order valence-corrected chi connectivity index (χ2v) is 3.63. The van der Waals surface area contributed by atoms with Gasteiger partial charge in [0.2, 0.25) is 5.91 Å². The van der Waals surface area contributed by atoms with Crippen LogP contribution in [0.15, 0.2) is 11.8 Å². The van der Waals surface area contributed by atoms with E-state index < -0.39 is 0 Å². The number of amides is 1. The Morgan fingerprint density at radius 3 is 2.54 bits per heavy atom. The van der Waals surface area contributed by atoms with E-state index in [9.17, 15) is 4.79 Å². The third-order valence-corrected chi connectivity index (χ3v) is 2.29. The zero-order valence-electron chi connectivity index (χ0n) is 8.05. The number of carbonyl (C=O) groups excluding carboxylic acids is 1. The van der Waals surface area contributed by atoms with Gasteiger partial charge in [0.05, 0.1) is 5.76 Å². The Labute approximate surface area is 78.8 Å². The van der Waals surface area contributed by atoms with Crippen LogP contribution in [0.4, 0.5) is 0 Å². The molecule has 3 nitrogen and oxygen atoms in total. The number of aliphatic hydroxyl groups excluding tert-OH is 1. The van der Waals surface area contributed by atoms with Crippen molar-refractivity contribution in [1.82, 2.24) is 5.32 Å². The second kappa shape index (κ2) is 4.90. The summed E-state index contributed by atoms with van der Waals surface area (Å²) < 4.78 is 0. The lowest BCUT2D eigenvalue weighted by atomic mass is 9.95. The lowest BCUT2D eigenvalue weighted by molar-refractivity contribution is -0.117. The fourth-order valence-electron chi connectivity index (χ4n) is 1.68. The van der Waals surface area contributed by atoms with Crippen molar-refractivity contribution in [2.24, 2.45) is 0 Å². The van der Waals surface area contributed by atoms with E-state index in [0.29, 0.717) is 6.04 Å². The molecule has 2 N–H and O–H groups in total. The van der Waals surface area contributed by atoms with Crippen molar-refractivity contribution in [2.75, 3.05) is 0 Å². The smallest absolute Gasteiger partial charge is 0.247 e. The van der Waals surface area contributed by atoms with Gasteiger partial charge in [0.1, 0.15) is 0 Å². The van der Waals surface area contributed by atoms with Gasteiger partial charge in [-0.2, -0.15) is 0 Å². The third-order valence-electron chi connectivity index (χ3n) is 2.29. The molecule has 0 bridgehead atoms. The molecule has 1 saturated carbocycles. The summed E-state index contributed by atoms with van der Waals surface area (Å²) in [6.07, 6.45) is 7.06. The summed E-state index contributed by atoms with van der Waals surface area (Å²) in [5.74, 6) is -0.111. The van der Waals surface area contributed by atoms with Crippen LogP contribution in [0, 0.1) is 0 Å². The van der Waals surface area contributed by atoms with Gasteiger partial charge in [-0.1, -0.05) is 19.3 Å². The molecule has 74 valence electrons. The zero-order chi connectivity index (χ0) is 9.68. The van der Waals surface area contributed by atoms with E-state index in [4.69, 9.17) is 5.11 Å². The van der Waals surface area contributed by atoms with Crippen LogP contribution in [0.25, 0.3) is 0 Å². The van der Waals surface area contributed by atoms with Crippen molar-refractivity contribution < 1.29 is 9.90 Å². The molecule has 1 aliphatic rings. The van der Waals surface area contributed by atoms with E-state index >= 15 is 0 Å². The Hall–Kier alpha value is -0.990. The molecule has 13 heavy (non-hydrogen) atoms. The Morgan fingerprint density at radius 1 is 1.38 bits per heavy atom. The van der Waals surface area contributed by atoms with Crippen molar-refractivity contribution in [1.29, 1.82) is 0 Å². The fraction of sp³-hybridized carbons (Fsp3) is 0.700. The topological polar surface area (TPSA) is 49.3 Å². The second-order valence-electron chi connectivity index (χ2n) is 3.63. The predicted molar refractivity (Wildman–Crippen MR) is 51.4 cm³/mol. The predicted octanol–water partition coefficient (Wildman–Crippen LogP) is 1.90. The van der Waals surface area contributed by atoms with Crippen LogP contribution in [0.2, 0.25) is 0 Å². The van der Waals surface area contributed by atoms with Gasteiger partial charge in [-0.25, -0.2) is 0 Å². The van der Waals surface area contributed by atoms with Crippen molar-refractivity contribution in [3.8, 4) is 0 Å². The normalized spacial score (nSPS) is 19.9. The molecular weight excluding hydrogens is 166 g/mol. The van der Waals surface area contributed by atoms with Gasteiger partial charge >= 0.3 is 0 Å². The highest BCUT2D eigenvalue weighted by Gasteiger charge is 2.14. The van der Waals surface area contributed by atoms with Gasteiger partial charge in [-0.3, -0.25) is 4.79 Å². The first kappa shape index (κ1) is 10.1. The maximum Gasteiger partial charge on any atom is 0.247 e. The third kappa shape index (κ3) is 3.97. The van der Waals surface area contributed by atoms with Crippen LogP contribution in [0.5, 0.6) is 0 Å². The van der Waals surface area contributed by atoms with E-state index in [0.717, 1.165) is 12.8 Å². The first-order chi connectivity index (χ1) is 6.18. The van der Waals surface area contributed by atoms with Crippen molar-refractivity contribution in [3.05, 3.63) is 11.8 Å². The van der Waals surface area contributed by atoms with Gasteiger partial charge in [0.15, 0.2) is 0 Å². The van der Waals surface area contributed by atoms with Gasteiger partial charge in [0.25, 0.3) is 0 Å². The highest BCUT2D eigenvalue weighted by molar-refractivity contribution is 5.88. The molecule has 0 aromatic carbocycles. The molecule has 0 aromatic heterocycles. The molecule has 3 heteroatoms. The minimum atomic E-state index is -0.174. The highest BCUT2D eigenvalue weighted by Crippen LogP contribution is 2.17. The molecule has 0 atom stereocenters. The summed E-state index contributed by atoms with van der Waals surface area (Å²) in [6, 6.07) is 0.317. The SMILES string of the molecule is C/C(O)=C\C(=O)NC1CCCCC1. The van der Waals surface area contributed by atoms with E-state index in [-0.39, 0.29) is 11.7 Å². The molecule has 1 aliphatic carbocycles. The maximum absolute atomic E-state index is 11.2. The molecule has 0 unspecified atom stereocenters. The van der Waals surface area contributed by atoms with Gasteiger partial charge in [-0.15, -0.1) is 0 Å². The molecule has 1 fully saturated rings. The van der Waals surface area contributed by atoms with E-state index in [2.05, 4.69) is 5.32 Å². The maximum atomic E-state index is 11.2. The highest BCUT2D eigenvalue weighted by atomic mass is 16.3. The summed E-state index contributed by atoms with van der Waals surface area (Å²) in [6.45, 7) is 1.50. The van der Waals surface area contributed by atoms with Crippen LogP contribution < -0.4 is 5.32 Å². The van der Waals surface area contributed by atoms with Crippen LogP contribution in [-0.2, 0) is 4.79 Å². The molecule has 1 rings (SSSR count). The minimum Gasteiger partial charge on any atom is -0.512 e. The van der Waals surface area contributed by atoms with Crippen LogP contribution in [0.3, 0.4) is 0 Å². The summed E-state index contributed by atoms with van der Waals surface area (Å²) in [7, 11) is 0. The number of carbonyl (C=O) groups is 1. The molecule has 0 aliphatic heterocycles. The summed E-state index contributed by atoms with van der Waals surface area (Å²) in [4.78, 5) is 11.2. The number of hydrogen-bond donors (Lipinski definition) is 2. The van der Waals surface area contributed by atoms with E-state index in [1.165, 1.54) is 32.3 Å². The van der Waals surface area contributed by atoms with Crippen LogP contribution in [0.1, 0.15) is 39.0 Å². The quantitative estimate of drug-likeness (QED) is 0.507. The molecule has 1 amide bonds. The lowest BCUT2D eigenvalue weighted by Gasteiger charge is -2.21. The lowest BCUT2D eigenvalue weighted by Crippen LogP contribution is -2.35. The van der Waals surface area contributed by atoms with Crippen molar-refractivity contribution in [2.45, 2.75) is 45.1 Å². The standard InChI is InChI=1S/C10H17NO2/c1-8(12)7-10(13)11-9-5-3-2-4-6-9/h7,9,12H,2-6H2,1H3,(H,11,13)/b8-7+. The van der Waals surface area contributed by atoms with Gasteiger partial charge < -0.3 is 10.4 Å². The van der Waals surface area contributed by atoms with Crippen molar-refractivity contribution in [3.63, 3.8) is 0 Å². The molecule has 0 saturated heterocycles. The van der Waals surface area contributed by atoms with Crippen LogP contribution in [-0.4, -0.2) is 17.1 Å². The number of nitrogens with one attached hydrogen (secondary N) is 1. The molecule has 0 heterocycles.